The van der Waals surface area contributed by atoms with Crippen LogP contribution in [0.5, 0.6) is 5.75 Å². The van der Waals surface area contributed by atoms with E-state index < -0.39 is 0 Å². The van der Waals surface area contributed by atoms with Gasteiger partial charge in [0.1, 0.15) is 5.52 Å². The van der Waals surface area contributed by atoms with Crippen LogP contribution in [0.25, 0.3) is 22.6 Å². The summed E-state index contributed by atoms with van der Waals surface area (Å²) in [6.45, 7) is 0. The summed E-state index contributed by atoms with van der Waals surface area (Å²) in [6, 6.07) is 10.6. The quantitative estimate of drug-likeness (QED) is 0.533. The van der Waals surface area contributed by atoms with E-state index in [1.54, 1.807) is 18.2 Å². The molecule has 0 aliphatic rings. The van der Waals surface area contributed by atoms with Crippen molar-refractivity contribution in [1.82, 2.24) is 4.98 Å². The van der Waals surface area contributed by atoms with E-state index in [2.05, 4.69) is 20.9 Å². The number of fused-ring (bicyclic) bond motifs is 1. The number of para-hydroxylation sites is 1. The van der Waals surface area contributed by atoms with Gasteiger partial charge in [-0.2, -0.15) is 0 Å². The highest BCUT2D eigenvalue weighted by molar-refractivity contribution is 9.10. The van der Waals surface area contributed by atoms with Crippen LogP contribution in [0.3, 0.4) is 0 Å². The monoisotopic (exact) mass is 304 g/mol. The third kappa shape index (κ3) is 1.73. The van der Waals surface area contributed by atoms with Crippen molar-refractivity contribution in [3.8, 4) is 17.2 Å². The Balaban J connectivity index is 2.22. The van der Waals surface area contributed by atoms with E-state index in [0.717, 1.165) is 9.99 Å². The number of rotatable bonds is 1. The van der Waals surface area contributed by atoms with Gasteiger partial charge in [-0.3, -0.25) is 0 Å². The Morgan fingerprint density at radius 1 is 1.22 bits per heavy atom. The summed E-state index contributed by atoms with van der Waals surface area (Å²) in [5.74, 6) is 0.344. The van der Waals surface area contributed by atoms with E-state index in [0.29, 0.717) is 22.7 Å². The van der Waals surface area contributed by atoms with Gasteiger partial charge in [-0.1, -0.05) is 22.0 Å². The molecule has 5 heteroatoms. The maximum Gasteiger partial charge on any atom is 0.231 e. The molecule has 0 spiro atoms. The Labute approximate surface area is 111 Å². The van der Waals surface area contributed by atoms with E-state index in [1.807, 2.05) is 18.2 Å². The third-order valence-corrected chi connectivity index (χ3v) is 3.14. The molecule has 0 saturated heterocycles. The normalized spacial score (nSPS) is 10.9. The number of anilines is 1. The van der Waals surface area contributed by atoms with E-state index in [9.17, 15) is 5.11 Å². The molecule has 2 aromatic carbocycles. The maximum atomic E-state index is 9.90. The smallest absolute Gasteiger partial charge is 0.231 e. The number of nitrogens with zero attached hydrogens (tertiary/aromatic N) is 1. The molecule has 0 saturated carbocycles. The summed E-state index contributed by atoms with van der Waals surface area (Å²) in [7, 11) is 0. The lowest BCUT2D eigenvalue weighted by atomic mass is 10.2. The molecular formula is C13H9BrN2O2. The Morgan fingerprint density at radius 2 is 2.06 bits per heavy atom. The standard InChI is InChI=1S/C13H9BrN2O2/c14-7-4-5-11-10(6-7)16-13(18-11)8-2-1-3-9(15)12(8)17/h1-6,17H,15H2. The van der Waals surface area contributed by atoms with Gasteiger partial charge in [-0.15, -0.1) is 0 Å². The van der Waals surface area contributed by atoms with E-state index in [-0.39, 0.29) is 5.75 Å². The molecule has 4 nitrogen and oxygen atoms in total. The summed E-state index contributed by atoms with van der Waals surface area (Å²) in [6.07, 6.45) is 0. The number of phenols is 1. The fourth-order valence-electron chi connectivity index (χ4n) is 1.75. The molecular weight excluding hydrogens is 296 g/mol. The molecule has 3 N–H and O–H groups in total. The summed E-state index contributed by atoms with van der Waals surface area (Å²) >= 11 is 3.37. The predicted molar refractivity (Wildman–Crippen MR) is 73.2 cm³/mol. The van der Waals surface area contributed by atoms with Gasteiger partial charge in [-0.25, -0.2) is 4.98 Å². The number of oxazole rings is 1. The Bertz CT molecular complexity index is 737. The lowest BCUT2D eigenvalue weighted by Gasteiger charge is -2.02. The van der Waals surface area contributed by atoms with Crippen LogP contribution in [0.15, 0.2) is 45.3 Å². The molecule has 90 valence electrons. The maximum absolute atomic E-state index is 9.90. The Morgan fingerprint density at radius 3 is 2.89 bits per heavy atom. The highest BCUT2D eigenvalue weighted by Gasteiger charge is 2.13. The zero-order chi connectivity index (χ0) is 12.7. The number of aromatic hydroxyl groups is 1. The first kappa shape index (κ1) is 11.1. The predicted octanol–water partition coefficient (Wildman–Crippen LogP) is 3.55. The number of nitrogen functional groups attached to an aromatic ring is 1. The highest BCUT2D eigenvalue weighted by Crippen LogP contribution is 2.35. The number of aromatic nitrogens is 1. The van der Waals surface area contributed by atoms with Crippen LogP contribution in [-0.2, 0) is 0 Å². The first-order chi connectivity index (χ1) is 8.65. The number of benzene rings is 2. The summed E-state index contributed by atoms with van der Waals surface area (Å²) in [5.41, 5.74) is 7.82. The van der Waals surface area contributed by atoms with Crippen LogP contribution in [0, 0.1) is 0 Å². The van der Waals surface area contributed by atoms with Crippen LogP contribution in [0.2, 0.25) is 0 Å². The lowest BCUT2D eigenvalue weighted by Crippen LogP contribution is -1.87. The largest absolute Gasteiger partial charge is 0.505 e. The van der Waals surface area contributed by atoms with Gasteiger partial charge in [0.05, 0.1) is 11.3 Å². The van der Waals surface area contributed by atoms with Crippen LogP contribution < -0.4 is 5.73 Å². The number of nitrogens with two attached hydrogens (primary N) is 1. The minimum atomic E-state index is -0.0110. The number of halogens is 1. The number of hydrogen-bond acceptors (Lipinski definition) is 4. The zero-order valence-corrected chi connectivity index (χ0v) is 10.8. The van der Waals surface area contributed by atoms with Crippen molar-refractivity contribution in [2.45, 2.75) is 0 Å². The van der Waals surface area contributed by atoms with Crippen LogP contribution in [0.1, 0.15) is 0 Å². The van der Waals surface area contributed by atoms with Crippen LogP contribution in [-0.4, -0.2) is 10.1 Å². The minimum absolute atomic E-state index is 0.0110. The average molecular weight is 305 g/mol. The van der Waals surface area contributed by atoms with E-state index in [4.69, 9.17) is 10.2 Å². The molecule has 1 heterocycles. The van der Waals surface area contributed by atoms with Crippen molar-refractivity contribution >= 4 is 32.7 Å². The first-order valence-corrected chi connectivity index (χ1v) is 6.08. The SMILES string of the molecule is Nc1cccc(-c2nc3cc(Br)ccc3o2)c1O. The second-order valence-corrected chi connectivity index (χ2v) is 4.79. The van der Waals surface area contributed by atoms with Gasteiger partial charge in [0.15, 0.2) is 11.3 Å². The van der Waals surface area contributed by atoms with E-state index >= 15 is 0 Å². The second-order valence-electron chi connectivity index (χ2n) is 3.87. The van der Waals surface area contributed by atoms with Crippen molar-refractivity contribution in [3.05, 3.63) is 40.9 Å². The molecule has 0 bridgehead atoms. The fraction of sp³-hybridized carbons (Fsp3) is 0. The molecule has 0 atom stereocenters. The van der Waals surface area contributed by atoms with Crippen LogP contribution >= 0.6 is 15.9 Å². The molecule has 0 amide bonds. The molecule has 1 aromatic heterocycles. The lowest BCUT2D eigenvalue weighted by molar-refractivity contribution is 0.476. The topological polar surface area (TPSA) is 72.3 Å². The molecule has 3 aromatic rings. The van der Waals surface area contributed by atoms with Gasteiger partial charge >= 0.3 is 0 Å². The van der Waals surface area contributed by atoms with Crippen molar-refractivity contribution in [2.24, 2.45) is 0 Å². The number of phenolic OH excluding ortho intramolecular Hbond substituents is 1. The fourth-order valence-corrected chi connectivity index (χ4v) is 2.10. The van der Waals surface area contributed by atoms with Gasteiger partial charge in [0, 0.05) is 4.47 Å². The summed E-state index contributed by atoms with van der Waals surface area (Å²) < 4.78 is 6.52. The van der Waals surface area contributed by atoms with E-state index in [1.165, 1.54) is 0 Å². The van der Waals surface area contributed by atoms with Gasteiger partial charge in [0.2, 0.25) is 5.89 Å². The third-order valence-electron chi connectivity index (χ3n) is 2.65. The molecule has 0 radical (unpaired) electrons. The van der Waals surface area contributed by atoms with Gasteiger partial charge in [-0.05, 0) is 30.3 Å². The molecule has 3 rings (SSSR count). The molecule has 0 unspecified atom stereocenters. The Hall–Kier alpha value is -2.01. The van der Waals surface area contributed by atoms with Crippen molar-refractivity contribution in [1.29, 1.82) is 0 Å². The molecule has 0 fully saturated rings. The summed E-state index contributed by atoms with van der Waals surface area (Å²) in [5, 5.41) is 9.90. The number of hydrogen-bond donors (Lipinski definition) is 2. The van der Waals surface area contributed by atoms with Crippen molar-refractivity contribution in [2.75, 3.05) is 5.73 Å². The highest BCUT2D eigenvalue weighted by atomic mass is 79.9. The second kappa shape index (κ2) is 4.03. The first-order valence-electron chi connectivity index (χ1n) is 5.29. The molecule has 0 aliphatic carbocycles. The van der Waals surface area contributed by atoms with Crippen LogP contribution in [0.4, 0.5) is 5.69 Å². The van der Waals surface area contributed by atoms with Gasteiger partial charge in [0.25, 0.3) is 0 Å². The average Bonchev–Trinajstić information content (AvgIpc) is 2.75. The molecule has 18 heavy (non-hydrogen) atoms. The molecule has 0 aliphatic heterocycles. The van der Waals surface area contributed by atoms with Gasteiger partial charge < -0.3 is 15.3 Å². The van der Waals surface area contributed by atoms with Crippen molar-refractivity contribution < 1.29 is 9.52 Å². The minimum Gasteiger partial charge on any atom is -0.505 e. The zero-order valence-electron chi connectivity index (χ0n) is 9.22. The summed E-state index contributed by atoms with van der Waals surface area (Å²) in [4.78, 5) is 4.33. The van der Waals surface area contributed by atoms with Crippen molar-refractivity contribution in [3.63, 3.8) is 0 Å². The Kier molecular flexibility index (Phi) is 2.48.